The Bertz CT molecular complexity index is 1340. The van der Waals surface area contributed by atoms with Crippen molar-refractivity contribution in [3.63, 3.8) is 0 Å². The Kier molecular flexibility index (Phi) is 10.8. The molecular weight excluding hydrogens is 527 g/mol. The number of urea groups is 1. The molecule has 0 saturated heterocycles. The van der Waals surface area contributed by atoms with Gasteiger partial charge in [0, 0.05) is 25.0 Å². The van der Waals surface area contributed by atoms with Crippen LogP contribution in [0.5, 0.6) is 0 Å². The van der Waals surface area contributed by atoms with Crippen LogP contribution in [0.3, 0.4) is 0 Å². The first-order valence-electron chi connectivity index (χ1n) is 13.2. The van der Waals surface area contributed by atoms with Crippen LogP contribution in [0.15, 0.2) is 66.9 Å². The molecule has 1 heterocycles. The van der Waals surface area contributed by atoms with E-state index >= 15 is 0 Å². The topological polar surface area (TPSA) is 116 Å². The second kappa shape index (κ2) is 14.2. The normalized spacial score (nSPS) is 11.1. The van der Waals surface area contributed by atoms with Gasteiger partial charge in [-0.05, 0) is 89.8 Å². The summed E-state index contributed by atoms with van der Waals surface area (Å²) in [5, 5.41) is 8.15. The predicted molar refractivity (Wildman–Crippen MR) is 157 cm³/mol. The van der Waals surface area contributed by atoms with Gasteiger partial charge in [0.15, 0.2) is 0 Å². The van der Waals surface area contributed by atoms with Crippen LogP contribution in [0.25, 0.3) is 0 Å². The zero-order valence-corrected chi connectivity index (χ0v) is 24.0. The molecule has 3 N–H and O–H groups in total. The summed E-state index contributed by atoms with van der Waals surface area (Å²) in [6, 6.07) is 15.4. The van der Waals surface area contributed by atoms with E-state index in [0.717, 1.165) is 13.0 Å². The molecule has 218 valence electrons. The lowest BCUT2D eigenvalue weighted by Gasteiger charge is -2.24. The van der Waals surface area contributed by atoms with Crippen molar-refractivity contribution in [3.05, 3.63) is 83.9 Å². The molecule has 3 aromatic rings. The number of para-hydroxylation sites is 2. The number of nitrogens with one attached hydrogen (secondary N) is 3. The van der Waals surface area contributed by atoms with E-state index < -0.39 is 23.4 Å². The summed E-state index contributed by atoms with van der Waals surface area (Å²) in [5.41, 5.74) is 1.33. The van der Waals surface area contributed by atoms with Crippen LogP contribution in [0.1, 0.15) is 43.2 Å². The maximum atomic E-state index is 13.6. The third-order valence-electron chi connectivity index (χ3n) is 5.64. The molecule has 0 unspecified atom stereocenters. The highest BCUT2D eigenvalue weighted by Gasteiger charge is 2.19. The number of benzene rings is 2. The van der Waals surface area contributed by atoms with Gasteiger partial charge in [0.05, 0.1) is 11.4 Å². The number of ether oxygens (including phenoxy) is 1. The van der Waals surface area contributed by atoms with Crippen LogP contribution in [0.4, 0.5) is 31.0 Å². The lowest BCUT2D eigenvalue weighted by molar-refractivity contribution is 0.0635. The molecule has 0 spiro atoms. The summed E-state index contributed by atoms with van der Waals surface area (Å²) < 4.78 is 18.9. The lowest BCUT2D eigenvalue weighted by Crippen LogP contribution is -2.36. The summed E-state index contributed by atoms with van der Waals surface area (Å²) in [6.45, 7) is 6.76. The number of pyridine rings is 1. The third kappa shape index (κ3) is 10.5. The average molecular weight is 565 g/mol. The van der Waals surface area contributed by atoms with Crippen LogP contribution in [0.2, 0.25) is 0 Å². The average Bonchev–Trinajstić information content (AvgIpc) is 2.88. The molecule has 2 aromatic carbocycles. The van der Waals surface area contributed by atoms with Gasteiger partial charge in [0.1, 0.15) is 17.1 Å². The maximum Gasteiger partial charge on any atom is 0.412 e. The van der Waals surface area contributed by atoms with E-state index in [4.69, 9.17) is 4.74 Å². The van der Waals surface area contributed by atoms with Gasteiger partial charge in [-0.2, -0.15) is 0 Å². The van der Waals surface area contributed by atoms with Gasteiger partial charge in [0.25, 0.3) is 5.91 Å². The van der Waals surface area contributed by atoms with Crippen molar-refractivity contribution >= 4 is 35.1 Å². The second-order valence-corrected chi connectivity index (χ2v) is 10.7. The SMILES string of the molecule is CN(C)CCCN(Cc1ccc(C(=O)Nc2ccccc2NC(=O)OC(C)(C)C)nc1)C(=O)Nc1cccc(F)c1. The Morgan fingerprint density at radius 1 is 0.902 bits per heavy atom. The number of amides is 4. The fourth-order valence-electron chi connectivity index (χ4n) is 3.77. The summed E-state index contributed by atoms with van der Waals surface area (Å²) in [6.07, 6.45) is 1.63. The molecule has 10 nitrogen and oxygen atoms in total. The quantitative estimate of drug-likeness (QED) is 0.286. The van der Waals surface area contributed by atoms with E-state index in [2.05, 4.69) is 20.9 Å². The number of aromatic nitrogens is 1. The summed E-state index contributed by atoms with van der Waals surface area (Å²) in [5.74, 6) is -0.912. The van der Waals surface area contributed by atoms with Gasteiger partial charge in [0.2, 0.25) is 0 Å². The van der Waals surface area contributed by atoms with Crippen molar-refractivity contribution in [2.45, 2.75) is 39.3 Å². The smallest absolute Gasteiger partial charge is 0.412 e. The standard InChI is InChI=1S/C30H37FN6O4/c1-30(2,3)41-29(40)35-25-13-7-6-12-24(25)34-27(38)26-15-14-21(19-32-26)20-37(17-9-16-36(4)5)28(39)33-23-11-8-10-22(31)18-23/h6-8,10-15,18-19H,9,16-17,20H2,1-5H3,(H,33,39)(H,34,38)(H,35,40). The molecule has 0 aliphatic heterocycles. The number of carbonyl (C=O) groups excluding carboxylic acids is 3. The Labute approximate surface area is 239 Å². The first kappa shape index (κ1) is 31.0. The minimum atomic E-state index is -0.671. The second-order valence-electron chi connectivity index (χ2n) is 10.7. The van der Waals surface area contributed by atoms with E-state index in [1.807, 2.05) is 19.0 Å². The molecule has 0 radical (unpaired) electrons. The third-order valence-corrected chi connectivity index (χ3v) is 5.64. The molecular formula is C30H37FN6O4. The summed E-state index contributed by atoms with van der Waals surface area (Å²) >= 11 is 0. The largest absolute Gasteiger partial charge is 0.444 e. The van der Waals surface area contributed by atoms with E-state index in [-0.39, 0.29) is 18.3 Å². The number of hydrogen-bond donors (Lipinski definition) is 3. The Hall–Kier alpha value is -4.51. The fraction of sp³-hybridized carbons (Fsp3) is 0.333. The van der Waals surface area contributed by atoms with Crippen LogP contribution < -0.4 is 16.0 Å². The number of rotatable bonds is 10. The zero-order valence-electron chi connectivity index (χ0n) is 24.0. The molecule has 0 atom stereocenters. The van der Waals surface area contributed by atoms with Crippen molar-refractivity contribution in [1.82, 2.24) is 14.8 Å². The van der Waals surface area contributed by atoms with Gasteiger partial charge in [-0.25, -0.2) is 14.0 Å². The van der Waals surface area contributed by atoms with E-state index in [1.165, 1.54) is 24.4 Å². The van der Waals surface area contributed by atoms with E-state index in [1.54, 1.807) is 68.1 Å². The Morgan fingerprint density at radius 3 is 2.22 bits per heavy atom. The molecule has 3 rings (SSSR count). The van der Waals surface area contributed by atoms with Crippen LogP contribution in [0, 0.1) is 5.82 Å². The monoisotopic (exact) mass is 564 g/mol. The molecule has 0 saturated carbocycles. The van der Waals surface area contributed by atoms with Crippen molar-refractivity contribution in [2.24, 2.45) is 0 Å². The fourth-order valence-corrected chi connectivity index (χ4v) is 3.77. The van der Waals surface area contributed by atoms with Gasteiger partial charge in [-0.1, -0.05) is 24.3 Å². The van der Waals surface area contributed by atoms with Crippen LogP contribution in [-0.2, 0) is 11.3 Å². The van der Waals surface area contributed by atoms with E-state index in [0.29, 0.717) is 29.2 Å². The number of nitrogens with zero attached hydrogens (tertiary/aromatic N) is 3. The van der Waals surface area contributed by atoms with Gasteiger partial charge >= 0.3 is 12.1 Å². The highest BCUT2D eigenvalue weighted by Crippen LogP contribution is 2.23. The predicted octanol–water partition coefficient (Wildman–Crippen LogP) is 5.81. The molecule has 0 aliphatic rings. The Morgan fingerprint density at radius 2 is 1.61 bits per heavy atom. The molecule has 1 aromatic heterocycles. The van der Waals surface area contributed by atoms with Gasteiger partial charge < -0.3 is 25.2 Å². The molecule has 4 amide bonds. The van der Waals surface area contributed by atoms with Gasteiger partial charge in [-0.3, -0.25) is 15.1 Å². The zero-order chi connectivity index (χ0) is 30.0. The van der Waals surface area contributed by atoms with Crippen molar-refractivity contribution in [1.29, 1.82) is 0 Å². The van der Waals surface area contributed by atoms with Crippen molar-refractivity contribution in [3.8, 4) is 0 Å². The molecule has 11 heteroatoms. The van der Waals surface area contributed by atoms with Crippen molar-refractivity contribution in [2.75, 3.05) is 43.1 Å². The van der Waals surface area contributed by atoms with Crippen LogP contribution >= 0.6 is 0 Å². The number of anilines is 3. The lowest BCUT2D eigenvalue weighted by atomic mass is 10.2. The van der Waals surface area contributed by atoms with Gasteiger partial charge in [-0.15, -0.1) is 0 Å². The highest BCUT2D eigenvalue weighted by atomic mass is 19.1. The first-order chi connectivity index (χ1) is 19.4. The molecule has 41 heavy (non-hydrogen) atoms. The summed E-state index contributed by atoms with van der Waals surface area (Å²) in [4.78, 5) is 46.1. The minimum Gasteiger partial charge on any atom is -0.444 e. The minimum absolute atomic E-state index is 0.157. The number of hydrogen-bond acceptors (Lipinski definition) is 6. The molecule has 0 bridgehead atoms. The highest BCUT2D eigenvalue weighted by molar-refractivity contribution is 6.05. The number of carbonyl (C=O) groups is 3. The summed E-state index contributed by atoms with van der Waals surface area (Å²) in [7, 11) is 3.91. The molecule has 0 aliphatic carbocycles. The first-order valence-corrected chi connectivity index (χ1v) is 13.2. The number of halogens is 1. The molecule has 0 fully saturated rings. The maximum absolute atomic E-state index is 13.6. The van der Waals surface area contributed by atoms with E-state index in [9.17, 15) is 18.8 Å². The van der Waals surface area contributed by atoms with Crippen LogP contribution in [-0.4, -0.2) is 65.6 Å². The Balaban J connectivity index is 1.67. The van der Waals surface area contributed by atoms with Crippen molar-refractivity contribution < 1.29 is 23.5 Å².